The average molecular weight is 789 g/mol. The number of nitrogens with one attached hydrogen (secondary N) is 2. The molecular weight excluding hydrogens is 740 g/mol. The first kappa shape index (κ1) is 40.1. The van der Waals surface area contributed by atoms with Crippen molar-refractivity contribution in [2.24, 2.45) is 0 Å². The van der Waals surface area contributed by atoms with Crippen LogP contribution in [-0.4, -0.2) is 84.6 Å². The van der Waals surface area contributed by atoms with E-state index in [0.29, 0.717) is 43.7 Å². The summed E-state index contributed by atoms with van der Waals surface area (Å²) in [6.45, 7) is 10.9. The molecule has 55 heavy (non-hydrogen) atoms. The van der Waals surface area contributed by atoms with Crippen molar-refractivity contribution >= 4 is 44.9 Å². The highest BCUT2D eigenvalue weighted by Gasteiger charge is 2.30. The van der Waals surface area contributed by atoms with Gasteiger partial charge >= 0.3 is 0 Å². The molecule has 0 bridgehead atoms. The third-order valence-corrected chi connectivity index (χ3v) is 12.3. The molecule has 0 saturated carbocycles. The highest BCUT2D eigenvalue weighted by Crippen LogP contribution is 2.32. The highest BCUT2D eigenvalue weighted by molar-refractivity contribution is 7.90. The molecule has 12 nitrogen and oxygen atoms in total. The number of amides is 2. The van der Waals surface area contributed by atoms with E-state index >= 15 is 0 Å². The predicted octanol–water partition coefficient (Wildman–Crippen LogP) is 5.62. The van der Waals surface area contributed by atoms with Crippen LogP contribution in [0.4, 0.5) is 5.69 Å². The lowest BCUT2D eigenvalue weighted by Gasteiger charge is -2.26. The van der Waals surface area contributed by atoms with Gasteiger partial charge in [-0.3, -0.25) is 14.4 Å². The molecule has 0 radical (unpaired) electrons. The van der Waals surface area contributed by atoms with E-state index in [4.69, 9.17) is 11.6 Å². The number of aliphatic hydroxyl groups is 1. The maximum atomic E-state index is 14.7. The predicted molar refractivity (Wildman–Crippen MR) is 213 cm³/mol. The first-order valence-electron chi connectivity index (χ1n) is 19.1. The van der Waals surface area contributed by atoms with Crippen molar-refractivity contribution < 1.29 is 27.9 Å². The summed E-state index contributed by atoms with van der Waals surface area (Å²) in [6, 6.07) is 14.3. The van der Waals surface area contributed by atoms with E-state index in [2.05, 4.69) is 33.9 Å². The van der Waals surface area contributed by atoms with E-state index in [0.717, 1.165) is 61.2 Å². The molecule has 1 aromatic heterocycles. The number of nitrogens with zero attached hydrogens (tertiary/aromatic N) is 4. The Bertz CT molecular complexity index is 2210. The fourth-order valence-electron chi connectivity index (χ4n) is 7.34. The molecule has 0 fully saturated rings. The minimum absolute atomic E-state index is 0.0284. The van der Waals surface area contributed by atoms with Crippen LogP contribution < -0.4 is 14.9 Å². The zero-order valence-electron chi connectivity index (χ0n) is 31.8. The number of aliphatic hydroxyl groups excluding tert-OH is 1. The first-order valence-corrected chi connectivity index (χ1v) is 20.9. The van der Waals surface area contributed by atoms with Gasteiger partial charge in [-0.1, -0.05) is 56.5 Å². The number of ketones is 1. The van der Waals surface area contributed by atoms with Crippen LogP contribution in [-0.2, 0) is 29.4 Å². The second-order valence-corrected chi connectivity index (χ2v) is 16.2. The Hall–Kier alpha value is -4.56. The summed E-state index contributed by atoms with van der Waals surface area (Å²) in [5.74, 6) is -1.66. The molecule has 3 N–H and O–H groups in total. The minimum atomic E-state index is -4.27. The number of anilines is 1. The molecule has 2 aliphatic heterocycles. The number of unbranched alkanes of at least 4 members (excludes halogenated alkanes) is 2. The van der Waals surface area contributed by atoms with Crippen molar-refractivity contribution in [1.82, 2.24) is 24.7 Å². The van der Waals surface area contributed by atoms with E-state index in [9.17, 15) is 27.9 Å². The molecule has 2 amide bonds. The fourth-order valence-corrected chi connectivity index (χ4v) is 8.57. The largest absolute Gasteiger partial charge is 0.395 e. The maximum Gasteiger partial charge on any atom is 0.275 e. The molecule has 2 aliphatic rings. The van der Waals surface area contributed by atoms with Gasteiger partial charge in [-0.15, -0.1) is 0 Å². The molecule has 0 spiro atoms. The van der Waals surface area contributed by atoms with Gasteiger partial charge < -0.3 is 20.2 Å². The van der Waals surface area contributed by atoms with Gasteiger partial charge in [0.05, 0.1) is 27.9 Å². The maximum absolute atomic E-state index is 14.7. The molecule has 0 saturated heterocycles. The third kappa shape index (κ3) is 8.21. The van der Waals surface area contributed by atoms with Gasteiger partial charge in [-0.05, 0) is 92.6 Å². The van der Waals surface area contributed by atoms with Crippen molar-refractivity contribution in [3.8, 4) is 5.69 Å². The lowest BCUT2D eigenvalue weighted by molar-refractivity contribution is 0.0744. The standard InChI is InChI=1S/C41H49ClN6O6S/c1-5-8-18-47(19-9-6-2)41(52)38-37(42)26(4)48(44-38)36-15-13-28(22-34(36)39(50)32-12-10-11-29-24-43-30(25-49)23-33(29)32)40(51)45-55(53,54)31-14-16-35-27(21-31)17-20-46(35)7-3/h10-16,21-22,30,43,49H,5-9,17-20,23-25H2,1-4H3,(H,45,51). The number of carbonyl (C=O) groups is 3. The molecule has 6 rings (SSSR count). The summed E-state index contributed by atoms with van der Waals surface area (Å²) >= 11 is 6.83. The van der Waals surface area contributed by atoms with Crippen molar-refractivity contribution in [1.29, 1.82) is 0 Å². The van der Waals surface area contributed by atoms with Gasteiger partial charge in [0.15, 0.2) is 11.5 Å². The quantitative estimate of drug-likeness (QED) is 0.130. The van der Waals surface area contributed by atoms with E-state index in [1.165, 1.54) is 28.9 Å². The van der Waals surface area contributed by atoms with E-state index in [1.54, 1.807) is 36.1 Å². The van der Waals surface area contributed by atoms with Crippen molar-refractivity contribution in [3.05, 3.63) is 104 Å². The highest BCUT2D eigenvalue weighted by atomic mass is 35.5. The lowest BCUT2D eigenvalue weighted by atomic mass is 9.87. The number of benzene rings is 3. The number of sulfonamides is 1. The van der Waals surface area contributed by atoms with Crippen LogP contribution in [0.5, 0.6) is 0 Å². The van der Waals surface area contributed by atoms with Crippen LogP contribution in [0.15, 0.2) is 59.5 Å². The molecule has 0 aliphatic carbocycles. The Morgan fingerprint density at radius 3 is 2.40 bits per heavy atom. The Labute approximate surface area is 327 Å². The van der Waals surface area contributed by atoms with Crippen molar-refractivity contribution in [3.63, 3.8) is 0 Å². The molecule has 4 aromatic rings. The monoisotopic (exact) mass is 788 g/mol. The van der Waals surface area contributed by atoms with Gasteiger partial charge in [0.2, 0.25) is 0 Å². The summed E-state index contributed by atoms with van der Waals surface area (Å²) in [7, 11) is -4.27. The lowest BCUT2D eigenvalue weighted by Crippen LogP contribution is -2.39. The van der Waals surface area contributed by atoms with E-state index in [1.807, 2.05) is 13.0 Å². The number of rotatable bonds is 15. The smallest absolute Gasteiger partial charge is 0.275 e. The number of carbonyl (C=O) groups excluding carboxylic acids is 3. The number of hydrogen-bond acceptors (Lipinski definition) is 9. The SMILES string of the molecule is CCCCN(CCCC)C(=O)c1nn(-c2ccc(C(=O)NS(=O)(=O)c3ccc4c(c3)CCN4CC)cc2C(=O)c2cccc3c2CC(CO)NC3)c(C)c1Cl. The number of likely N-dealkylation sites (N-methyl/N-ethyl adjacent to an activating group) is 1. The van der Waals surface area contributed by atoms with Crippen LogP contribution in [0.3, 0.4) is 0 Å². The molecular formula is C41H49ClN6O6S. The Kier molecular flexibility index (Phi) is 12.4. The second-order valence-electron chi connectivity index (χ2n) is 14.2. The van der Waals surface area contributed by atoms with Crippen LogP contribution >= 0.6 is 11.6 Å². The fraction of sp³-hybridized carbons (Fsp3) is 0.415. The summed E-state index contributed by atoms with van der Waals surface area (Å²) < 4.78 is 30.7. The van der Waals surface area contributed by atoms with Crippen LogP contribution in [0.1, 0.15) is 106 Å². The Morgan fingerprint density at radius 1 is 0.982 bits per heavy atom. The number of halogens is 1. The van der Waals surface area contributed by atoms with Crippen LogP contribution in [0.2, 0.25) is 5.02 Å². The minimum Gasteiger partial charge on any atom is -0.395 e. The molecule has 1 unspecified atom stereocenters. The van der Waals surface area contributed by atoms with Crippen LogP contribution in [0.25, 0.3) is 5.69 Å². The van der Waals surface area contributed by atoms with Crippen molar-refractivity contribution in [2.45, 2.75) is 83.7 Å². The molecule has 14 heteroatoms. The topological polar surface area (TPSA) is 154 Å². The normalized spacial score (nSPS) is 15.1. The molecule has 1 atom stereocenters. The molecule has 292 valence electrons. The third-order valence-electron chi connectivity index (χ3n) is 10.6. The first-order chi connectivity index (χ1) is 26.4. The van der Waals surface area contributed by atoms with Crippen molar-refractivity contribution in [2.75, 3.05) is 37.7 Å². The Balaban J connectivity index is 1.41. The summed E-state index contributed by atoms with van der Waals surface area (Å²) in [5.41, 5.74) is 4.65. The molecule has 3 heterocycles. The summed E-state index contributed by atoms with van der Waals surface area (Å²) in [5, 5.41) is 18.0. The van der Waals surface area contributed by atoms with E-state index in [-0.39, 0.29) is 51.0 Å². The van der Waals surface area contributed by atoms with Gasteiger partial charge in [0.1, 0.15) is 0 Å². The summed E-state index contributed by atoms with van der Waals surface area (Å²) in [6.07, 6.45) is 4.56. The number of fused-ring (bicyclic) bond motifs is 2. The van der Waals surface area contributed by atoms with Gasteiger partial charge in [-0.25, -0.2) is 17.8 Å². The number of aromatic nitrogens is 2. The van der Waals surface area contributed by atoms with E-state index < -0.39 is 21.7 Å². The Morgan fingerprint density at radius 2 is 1.71 bits per heavy atom. The van der Waals surface area contributed by atoms with Gasteiger partial charge in [0.25, 0.3) is 21.8 Å². The zero-order chi connectivity index (χ0) is 39.4. The van der Waals surface area contributed by atoms with Crippen LogP contribution in [0, 0.1) is 6.92 Å². The summed E-state index contributed by atoms with van der Waals surface area (Å²) in [4.78, 5) is 46.3. The van der Waals surface area contributed by atoms with Gasteiger partial charge in [-0.2, -0.15) is 5.10 Å². The molecule has 3 aromatic carbocycles. The number of hydrogen-bond donors (Lipinski definition) is 3. The average Bonchev–Trinajstić information content (AvgIpc) is 3.75. The van der Waals surface area contributed by atoms with Gasteiger partial charge in [0, 0.05) is 61.1 Å². The second kappa shape index (κ2) is 17.1. The zero-order valence-corrected chi connectivity index (χ0v) is 33.4.